The van der Waals surface area contributed by atoms with Crippen molar-refractivity contribution in [3.63, 3.8) is 0 Å². The van der Waals surface area contributed by atoms with Crippen molar-refractivity contribution in [3.05, 3.63) is 72.3 Å². The van der Waals surface area contributed by atoms with E-state index in [4.69, 9.17) is 5.73 Å². The minimum absolute atomic E-state index is 0.0586. The second-order valence-electron chi connectivity index (χ2n) is 9.12. The lowest BCUT2D eigenvalue weighted by Crippen LogP contribution is -2.42. The predicted molar refractivity (Wildman–Crippen MR) is 141 cm³/mol. The van der Waals surface area contributed by atoms with Crippen LogP contribution >= 0.6 is 0 Å². The molecule has 4 N–H and O–H groups in total. The summed E-state index contributed by atoms with van der Waals surface area (Å²) in [6, 6.07) is 18.6. The number of nitrogens with zero attached hydrogens (tertiary/aromatic N) is 1. The molecule has 3 aromatic rings. The molecule has 0 aromatic heterocycles. The molecule has 1 saturated carbocycles. The van der Waals surface area contributed by atoms with Gasteiger partial charge in [0, 0.05) is 36.6 Å². The first-order valence-electron chi connectivity index (χ1n) is 11.9. The van der Waals surface area contributed by atoms with Gasteiger partial charge in [0.1, 0.15) is 6.04 Å². The number of anilines is 1. The average Bonchev–Trinajstić information content (AvgIpc) is 2.84. The van der Waals surface area contributed by atoms with Crippen LogP contribution in [0.3, 0.4) is 0 Å². The Hall–Kier alpha value is -2.94. The SMILES string of the molecule is CN(C)c1cccc2c(S(=O)(=O)NC(Cc3ccccc3)C(=O)O)cccc12.NC1CCCCC1. The fourth-order valence-corrected chi connectivity index (χ4v) is 5.71. The van der Waals surface area contributed by atoms with Crippen molar-refractivity contribution in [2.75, 3.05) is 19.0 Å². The average molecular weight is 498 g/mol. The Morgan fingerprint density at radius 1 is 0.971 bits per heavy atom. The van der Waals surface area contributed by atoms with Crippen LogP contribution in [0, 0.1) is 0 Å². The van der Waals surface area contributed by atoms with Crippen LogP contribution in [0.2, 0.25) is 0 Å². The van der Waals surface area contributed by atoms with Gasteiger partial charge in [-0.3, -0.25) is 4.79 Å². The number of carboxylic acids is 1. The maximum Gasteiger partial charge on any atom is 0.322 e. The van der Waals surface area contributed by atoms with E-state index in [1.54, 1.807) is 42.5 Å². The third kappa shape index (κ3) is 7.27. The van der Waals surface area contributed by atoms with Gasteiger partial charge in [0.15, 0.2) is 0 Å². The highest BCUT2D eigenvalue weighted by molar-refractivity contribution is 7.89. The van der Waals surface area contributed by atoms with Gasteiger partial charge < -0.3 is 15.7 Å². The van der Waals surface area contributed by atoms with E-state index >= 15 is 0 Å². The first-order chi connectivity index (χ1) is 16.7. The van der Waals surface area contributed by atoms with E-state index in [9.17, 15) is 18.3 Å². The molecular weight excluding hydrogens is 462 g/mol. The molecule has 35 heavy (non-hydrogen) atoms. The number of fused-ring (bicyclic) bond motifs is 1. The molecule has 1 fully saturated rings. The first kappa shape index (κ1) is 26.7. The molecule has 4 rings (SSSR count). The molecule has 0 radical (unpaired) electrons. The summed E-state index contributed by atoms with van der Waals surface area (Å²) in [6.07, 6.45) is 6.72. The predicted octanol–water partition coefficient (Wildman–Crippen LogP) is 4.16. The Kier molecular flexibility index (Phi) is 9.26. The van der Waals surface area contributed by atoms with Crippen molar-refractivity contribution in [1.82, 2.24) is 4.72 Å². The summed E-state index contributed by atoms with van der Waals surface area (Å²) in [6.45, 7) is 0. The standard InChI is InChI=1S/C21H22N2O4S.C6H13N/c1-23(2)19-12-6-11-17-16(19)10-7-13-20(17)28(26,27)22-18(21(24)25)14-15-8-4-3-5-9-15;7-6-4-2-1-3-5-6/h3-13,18,22H,14H2,1-2H3,(H,24,25);6H,1-5,7H2. The third-order valence-corrected chi connectivity index (χ3v) is 7.69. The maximum absolute atomic E-state index is 13.0. The maximum atomic E-state index is 13.0. The molecule has 0 saturated heterocycles. The highest BCUT2D eigenvalue weighted by Gasteiger charge is 2.27. The molecule has 3 aromatic carbocycles. The summed E-state index contributed by atoms with van der Waals surface area (Å²) >= 11 is 0. The fraction of sp³-hybridized carbons (Fsp3) is 0.370. The molecule has 1 aliphatic rings. The Morgan fingerprint density at radius 2 is 1.60 bits per heavy atom. The van der Waals surface area contributed by atoms with Crippen LogP contribution in [0.1, 0.15) is 37.7 Å². The highest BCUT2D eigenvalue weighted by Crippen LogP contribution is 2.30. The Morgan fingerprint density at radius 3 is 2.17 bits per heavy atom. The van der Waals surface area contributed by atoms with Crippen molar-refractivity contribution < 1.29 is 18.3 Å². The lowest BCUT2D eigenvalue weighted by molar-refractivity contribution is -0.138. The van der Waals surface area contributed by atoms with Gasteiger partial charge in [-0.2, -0.15) is 4.72 Å². The fourth-order valence-electron chi connectivity index (χ4n) is 4.30. The van der Waals surface area contributed by atoms with Gasteiger partial charge >= 0.3 is 5.97 Å². The van der Waals surface area contributed by atoms with E-state index in [2.05, 4.69) is 4.72 Å². The molecule has 1 atom stereocenters. The number of carboxylic acid groups (broad SMARTS) is 1. The minimum atomic E-state index is -4.04. The van der Waals surface area contributed by atoms with Crippen molar-refractivity contribution in [1.29, 1.82) is 0 Å². The number of hydrogen-bond acceptors (Lipinski definition) is 5. The van der Waals surface area contributed by atoms with Gasteiger partial charge in [-0.05, 0) is 37.0 Å². The molecule has 7 nitrogen and oxygen atoms in total. The third-order valence-electron chi connectivity index (χ3n) is 6.16. The molecule has 0 aliphatic heterocycles. The van der Waals surface area contributed by atoms with Gasteiger partial charge in [-0.1, -0.05) is 73.9 Å². The lowest BCUT2D eigenvalue weighted by Gasteiger charge is -2.18. The summed E-state index contributed by atoms with van der Waals surface area (Å²) in [7, 11) is -0.276. The monoisotopic (exact) mass is 497 g/mol. The number of carbonyl (C=O) groups is 1. The van der Waals surface area contributed by atoms with E-state index in [1.165, 1.54) is 38.2 Å². The zero-order valence-electron chi connectivity index (χ0n) is 20.4. The lowest BCUT2D eigenvalue weighted by atomic mass is 9.97. The summed E-state index contributed by atoms with van der Waals surface area (Å²) in [4.78, 5) is 13.7. The van der Waals surface area contributed by atoms with Crippen molar-refractivity contribution in [2.24, 2.45) is 5.73 Å². The Balaban J connectivity index is 0.000000420. The van der Waals surface area contributed by atoms with E-state index in [0.29, 0.717) is 11.4 Å². The quantitative estimate of drug-likeness (QED) is 0.452. The van der Waals surface area contributed by atoms with Crippen LogP contribution in [-0.2, 0) is 21.2 Å². The number of rotatable bonds is 7. The number of nitrogens with two attached hydrogens (primary N) is 1. The number of nitrogens with one attached hydrogen (secondary N) is 1. The topological polar surface area (TPSA) is 113 Å². The van der Waals surface area contributed by atoms with Crippen molar-refractivity contribution in [2.45, 2.75) is 55.5 Å². The molecule has 0 bridgehead atoms. The number of aliphatic carboxylic acids is 1. The van der Waals surface area contributed by atoms with Crippen molar-refractivity contribution in [3.8, 4) is 0 Å². The van der Waals surface area contributed by atoms with Crippen molar-refractivity contribution >= 4 is 32.5 Å². The minimum Gasteiger partial charge on any atom is -0.480 e. The van der Waals surface area contributed by atoms with E-state index in [0.717, 1.165) is 16.6 Å². The Bertz CT molecular complexity index is 1220. The Labute approximate surface area is 208 Å². The van der Waals surface area contributed by atoms with Gasteiger partial charge in [-0.15, -0.1) is 0 Å². The second kappa shape index (κ2) is 12.2. The van der Waals surface area contributed by atoms with Crippen LogP contribution in [-0.4, -0.2) is 45.7 Å². The molecule has 188 valence electrons. The van der Waals surface area contributed by atoms with Gasteiger partial charge in [-0.25, -0.2) is 8.42 Å². The van der Waals surface area contributed by atoms with Crippen LogP contribution in [0.5, 0.6) is 0 Å². The largest absolute Gasteiger partial charge is 0.480 e. The summed E-state index contributed by atoms with van der Waals surface area (Å²) in [5.74, 6) is -1.22. The first-order valence-corrected chi connectivity index (χ1v) is 13.4. The molecule has 8 heteroatoms. The highest BCUT2D eigenvalue weighted by atomic mass is 32.2. The summed E-state index contributed by atoms with van der Waals surface area (Å²) < 4.78 is 28.4. The molecule has 0 amide bonds. The number of sulfonamides is 1. The molecule has 1 unspecified atom stereocenters. The smallest absolute Gasteiger partial charge is 0.322 e. The van der Waals surface area contributed by atoms with E-state index < -0.39 is 22.0 Å². The van der Waals surface area contributed by atoms with Crippen LogP contribution in [0.15, 0.2) is 71.6 Å². The van der Waals surface area contributed by atoms with Crippen LogP contribution in [0.4, 0.5) is 5.69 Å². The number of hydrogen-bond donors (Lipinski definition) is 3. The normalized spacial score (nSPS) is 15.2. The van der Waals surface area contributed by atoms with Gasteiger partial charge in [0.05, 0.1) is 4.90 Å². The molecule has 0 spiro atoms. The zero-order chi connectivity index (χ0) is 25.4. The molecular formula is C27H35N3O4S. The van der Waals surface area contributed by atoms with Crippen LogP contribution < -0.4 is 15.4 Å². The number of benzene rings is 3. The summed E-state index contributed by atoms with van der Waals surface area (Å²) in [5, 5.41) is 10.9. The zero-order valence-corrected chi connectivity index (χ0v) is 21.2. The molecule has 1 aliphatic carbocycles. The van der Waals surface area contributed by atoms with E-state index in [-0.39, 0.29) is 11.3 Å². The van der Waals surface area contributed by atoms with Crippen LogP contribution in [0.25, 0.3) is 10.8 Å². The second-order valence-corrected chi connectivity index (χ2v) is 10.8. The molecule has 0 heterocycles. The van der Waals surface area contributed by atoms with Gasteiger partial charge in [0.25, 0.3) is 0 Å². The van der Waals surface area contributed by atoms with E-state index in [1.807, 2.05) is 37.2 Å². The van der Waals surface area contributed by atoms with Gasteiger partial charge in [0.2, 0.25) is 10.0 Å². The summed E-state index contributed by atoms with van der Waals surface area (Å²) in [5.41, 5.74) is 7.26.